The molecule has 0 amide bonds. The van der Waals surface area contributed by atoms with Gasteiger partial charge in [-0.2, -0.15) is 0 Å². The van der Waals surface area contributed by atoms with Crippen molar-refractivity contribution in [1.29, 1.82) is 0 Å². The number of hydrogen-bond acceptors (Lipinski definition) is 2. The van der Waals surface area contributed by atoms with E-state index in [-0.39, 0.29) is 0 Å². The Morgan fingerprint density at radius 1 is 1.11 bits per heavy atom. The Labute approximate surface area is 110 Å². The molecule has 1 N–H and O–H groups in total. The highest BCUT2D eigenvalue weighted by Gasteiger charge is 2.02. The molecular weight excluding hydrogens is 238 g/mol. The summed E-state index contributed by atoms with van der Waals surface area (Å²) in [6.07, 6.45) is 2.75. The van der Waals surface area contributed by atoms with E-state index in [1.54, 1.807) is 6.07 Å². The van der Waals surface area contributed by atoms with Crippen LogP contribution in [0.15, 0.2) is 54.7 Å². The van der Waals surface area contributed by atoms with Crippen molar-refractivity contribution in [3.63, 3.8) is 0 Å². The normalized spacial score (nSPS) is 10.5. The molecule has 0 bridgehead atoms. The van der Waals surface area contributed by atoms with E-state index in [9.17, 15) is 4.79 Å². The maximum atomic E-state index is 10.9. The zero-order valence-electron chi connectivity index (χ0n) is 10.3. The number of ether oxygens (including phenoxy) is 1. The van der Waals surface area contributed by atoms with Gasteiger partial charge in [-0.3, -0.25) is 4.79 Å². The molecule has 0 unspecified atom stereocenters. The Balaban J connectivity index is 1.79. The van der Waals surface area contributed by atoms with Crippen LogP contribution in [0.1, 0.15) is 15.9 Å². The lowest BCUT2D eigenvalue weighted by molar-refractivity contribution is 0.112. The molecule has 0 atom stereocenters. The summed E-state index contributed by atoms with van der Waals surface area (Å²) in [5.74, 6) is 0.788. The van der Waals surface area contributed by atoms with Gasteiger partial charge in [0.1, 0.15) is 18.6 Å². The fraction of sp³-hybridized carbons (Fsp3) is 0.0625. The number of fused-ring (bicyclic) bond motifs is 1. The predicted molar refractivity (Wildman–Crippen MR) is 74.5 cm³/mol. The Hall–Kier alpha value is -2.55. The summed E-state index contributed by atoms with van der Waals surface area (Å²) in [5, 5.41) is 1.15. The largest absolute Gasteiger partial charge is 0.489 e. The molecule has 3 heteroatoms. The number of aromatic amines is 1. The molecule has 0 radical (unpaired) electrons. The molecule has 2 aromatic carbocycles. The third kappa shape index (κ3) is 2.36. The Kier molecular flexibility index (Phi) is 3.02. The number of aromatic nitrogens is 1. The monoisotopic (exact) mass is 251 g/mol. The molecule has 0 aliphatic heterocycles. The van der Waals surface area contributed by atoms with E-state index in [1.165, 1.54) is 0 Å². The Bertz CT molecular complexity index is 715. The first-order valence-corrected chi connectivity index (χ1v) is 6.10. The highest BCUT2D eigenvalue weighted by atomic mass is 16.5. The standard InChI is InChI=1S/C16H13NO2/c18-10-13-3-1-2-4-14(13)11-19-15-6-5-12-7-8-17-16(12)9-15/h1-10,17H,11H2. The number of benzene rings is 2. The number of H-pyrrole nitrogens is 1. The van der Waals surface area contributed by atoms with E-state index >= 15 is 0 Å². The molecule has 0 fully saturated rings. The van der Waals surface area contributed by atoms with Crippen LogP contribution >= 0.6 is 0 Å². The van der Waals surface area contributed by atoms with Crippen LogP contribution in [0.2, 0.25) is 0 Å². The zero-order chi connectivity index (χ0) is 13.1. The SMILES string of the molecule is O=Cc1ccccc1COc1ccc2cc[nH]c2c1. The molecule has 0 saturated carbocycles. The van der Waals surface area contributed by atoms with E-state index in [0.717, 1.165) is 28.5 Å². The summed E-state index contributed by atoms with van der Waals surface area (Å²) in [5.41, 5.74) is 2.61. The molecule has 0 spiro atoms. The molecule has 0 aliphatic carbocycles. The van der Waals surface area contributed by atoms with Gasteiger partial charge in [0.25, 0.3) is 0 Å². The van der Waals surface area contributed by atoms with E-state index in [4.69, 9.17) is 4.74 Å². The number of rotatable bonds is 4. The summed E-state index contributed by atoms with van der Waals surface area (Å²) >= 11 is 0. The van der Waals surface area contributed by atoms with Crippen LogP contribution in [0, 0.1) is 0 Å². The van der Waals surface area contributed by atoms with Gasteiger partial charge in [-0.1, -0.05) is 24.3 Å². The Morgan fingerprint density at radius 2 is 2.00 bits per heavy atom. The first-order chi connectivity index (χ1) is 9.36. The maximum absolute atomic E-state index is 10.9. The van der Waals surface area contributed by atoms with Crippen molar-refractivity contribution < 1.29 is 9.53 Å². The summed E-state index contributed by atoms with van der Waals surface area (Å²) in [7, 11) is 0. The lowest BCUT2D eigenvalue weighted by atomic mass is 10.1. The van der Waals surface area contributed by atoms with Gasteiger partial charge in [0.05, 0.1) is 0 Å². The van der Waals surface area contributed by atoms with E-state index in [1.807, 2.05) is 48.7 Å². The van der Waals surface area contributed by atoms with Crippen molar-refractivity contribution in [2.75, 3.05) is 0 Å². The molecule has 19 heavy (non-hydrogen) atoms. The number of hydrogen-bond donors (Lipinski definition) is 1. The summed E-state index contributed by atoms with van der Waals surface area (Å²) < 4.78 is 5.73. The van der Waals surface area contributed by atoms with Crippen LogP contribution in [0.4, 0.5) is 0 Å². The van der Waals surface area contributed by atoms with Crippen LogP contribution in [0.3, 0.4) is 0 Å². The minimum atomic E-state index is 0.390. The van der Waals surface area contributed by atoms with Crippen molar-refractivity contribution in [2.45, 2.75) is 6.61 Å². The molecule has 3 rings (SSSR count). The van der Waals surface area contributed by atoms with Crippen LogP contribution < -0.4 is 4.74 Å². The zero-order valence-corrected chi connectivity index (χ0v) is 10.3. The van der Waals surface area contributed by atoms with E-state index < -0.39 is 0 Å². The average Bonchev–Trinajstić information content (AvgIpc) is 2.93. The summed E-state index contributed by atoms with van der Waals surface area (Å²) in [6.45, 7) is 0.390. The number of carbonyl (C=O) groups excluding carboxylic acids is 1. The maximum Gasteiger partial charge on any atom is 0.150 e. The highest BCUT2D eigenvalue weighted by molar-refractivity contribution is 5.80. The molecule has 3 nitrogen and oxygen atoms in total. The van der Waals surface area contributed by atoms with Crippen molar-refractivity contribution in [3.8, 4) is 5.75 Å². The third-order valence-corrected chi connectivity index (χ3v) is 3.10. The molecule has 0 saturated heterocycles. The van der Waals surface area contributed by atoms with Crippen LogP contribution in [-0.2, 0) is 6.61 Å². The second-order valence-corrected chi connectivity index (χ2v) is 4.33. The van der Waals surface area contributed by atoms with E-state index in [0.29, 0.717) is 12.2 Å². The Morgan fingerprint density at radius 3 is 2.89 bits per heavy atom. The van der Waals surface area contributed by atoms with Crippen LogP contribution in [0.5, 0.6) is 5.75 Å². The van der Waals surface area contributed by atoms with Gasteiger partial charge in [0.2, 0.25) is 0 Å². The van der Waals surface area contributed by atoms with Crippen molar-refractivity contribution in [1.82, 2.24) is 4.98 Å². The lowest BCUT2D eigenvalue weighted by Crippen LogP contribution is -1.99. The van der Waals surface area contributed by atoms with Gasteiger partial charge >= 0.3 is 0 Å². The quantitative estimate of drug-likeness (QED) is 0.720. The first-order valence-electron chi connectivity index (χ1n) is 6.10. The number of nitrogens with one attached hydrogen (secondary N) is 1. The predicted octanol–water partition coefficient (Wildman–Crippen LogP) is 3.56. The molecular formula is C16H13NO2. The van der Waals surface area contributed by atoms with Gasteiger partial charge in [-0.05, 0) is 29.1 Å². The van der Waals surface area contributed by atoms with Crippen molar-refractivity contribution in [2.24, 2.45) is 0 Å². The lowest BCUT2D eigenvalue weighted by Gasteiger charge is -2.08. The fourth-order valence-electron chi connectivity index (χ4n) is 2.06. The third-order valence-electron chi connectivity index (χ3n) is 3.10. The van der Waals surface area contributed by atoms with E-state index in [2.05, 4.69) is 4.98 Å². The smallest absolute Gasteiger partial charge is 0.150 e. The van der Waals surface area contributed by atoms with Crippen molar-refractivity contribution in [3.05, 3.63) is 65.9 Å². The fourth-order valence-corrected chi connectivity index (χ4v) is 2.06. The molecule has 1 heterocycles. The molecule has 3 aromatic rings. The van der Waals surface area contributed by atoms with Crippen molar-refractivity contribution >= 4 is 17.2 Å². The van der Waals surface area contributed by atoms with Gasteiger partial charge < -0.3 is 9.72 Å². The molecule has 0 aliphatic rings. The van der Waals surface area contributed by atoms with Gasteiger partial charge in [0, 0.05) is 23.3 Å². The molecule has 1 aromatic heterocycles. The van der Waals surface area contributed by atoms with Crippen LogP contribution in [-0.4, -0.2) is 11.3 Å². The van der Waals surface area contributed by atoms with Gasteiger partial charge in [0.15, 0.2) is 0 Å². The van der Waals surface area contributed by atoms with Gasteiger partial charge in [-0.15, -0.1) is 0 Å². The minimum Gasteiger partial charge on any atom is -0.489 e. The van der Waals surface area contributed by atoms with Crippen LogP contribution in [0.25, 0.3) is 10.9 Å². The topological polar surface area (TPSA) is 42.1 Å². The summed E-state index contributed by atoms with van der Waals surface area (Å²) in [6, 6.07) is 15.3. The average molecular weight is 251 g/mol. The number of aldehydes is 1. The minimum absolute atomic E-state index is 0.390. The second-order valence-electron chi connectivity index (χ2n) is 4.33. The second kappa shape index (κ2) is 4.98. The number of carbonyl (C=O) groups is 1. The first kappa shape index (κ1) is 11.5. The highest BCUT2D eigenvalue weighted by Crippen LogP contribution is 2.20. The van der Waals surface area contributed by atoms with Gasteiger partial charge in [-0.25, -0.2) is 0 Å². The summed E-state index contributed by atoms with van der Waals surface area (Å²) in [4.78, 5) is 14.1. The molecule has 94 valence electrons.